The molecule has 0 saturated carbocycles. The Kier molecular flexibility index (Phi) is 3.02. The van der Waals surface area contributed by atoms with Crippen LogP contribution in [0.15, 0.2) is 0 Å². The van der Waals surface area contributed by atoms with Gasteiger partial charge in [0, 0.05) is 0 Å². The van der Waals surface area contributed by atoms with Crippen LogP contribution in [0.25, 0.3) is 0 Å². The highest BCUT2D eigenvalue weighted by Gasteiger charge is 2.08. The summed E-state index contributed by atoms with van der Waals surface area (Å²) in [5, 5.41) is 7.93. The second kappa shape index (κ2) is 3.05. The van der Waals surface area contributed by atoms with Gasteiger partial charge in [-0.25, -0.2) is 4.89 Å². The second-order valence-electron chi connectivity index (χ2n) is 3.14. The Bertz CT molecular complexity index is 54.0. The van der Waals surface area contributed by atoms with Crippen molar-refractivity contribution in [1.29, 1.82) is 0 Å². The van der Waals surface area contributed by atoms with Gasteiger partial charge in [0.1, 0.15) is 0 Å². The van der Waals surface area contributed by atoms with E-state index in [1.807, 2.05) is 0 Å². The van der Waals surface area contributed by atoms with Crippen LogP contribution in [0.3, 0.4) is 0 Å². The zero-order valence-electron chi connectivity index (χ0n) is 5.77. The van der Waals surface area contributed by atoms with Crippen molar-refractivity contribution in [2.24, 2.45) is 5.41 Å². The highest BCUT2D eigenvalue weighted by molar-refractivity contribution is 4.58. The van der Waals surface area contributed by atoms with Crippen LogP contribution in [0.1, 0.15) is 27.2 Å². The number of hydrogen-bond acceptors (Lipinski definition) is 2. The third-order valence-corrected chi connectivity index (χ3v) is 0.943. The standard InChI is InChI=1S/C6H14O2/c1-6(2,3)4-5-8-7/h7H,4-5H2,1-3H3. The predicted molar refractivity (Wildman–Crippen MR) is 32.7 cm³/mol. The van der Waals surface area contributed by atoms with Gasteiger partial charge in [-0.15, -0.1) is 0 Å². The van der Waals surface area contributed by atoms with Gasteiger partial charge in [-0.2, -0.15) is 0 Å². The van der Waals surface area contributed by atoms with Crippen molar-refractivity contribution < 1.29 is 10.1 Å². The van der Waals surface area contributed by atoms with Crippen molar-refractivity contribution in [3.63, 3.8) is 0 Å². The van der Waals surface area contributed by atoms with Gasteiger partial charge in [0.2, 0.25) is 0 Å². The van der Waals surface area contributed by atoms with Gasteiger partial charge in [0.05, 0.1) is 6.61 Å². The monoisotopic (exact) mass is 118 g/mol. The Morgan fingerprint density at radius 1 is 1.38 bits per heavy atom. The molecule has 0 rings (SSSR count). The van der Waals surface area contributed by atoms with E-state index >= 15 is 0 Å². The molecule has 0 amide bonds. The first kappa shape index (κ1) is 7.92. The summed E-state index contributed by atoms with van der Waals surface area (Å²) in [7, 11) is 0. The van der Waals surface area contributed by atoms with E-state index in [0.29, 0.717) is 6.61 Å². The molecular formula is C6H14O2. The molecule has 8 heavy (non-hydrogen) atoms. The Morgan fingerprint density at radius 2 is 1.88 bits per heavy atom. The Morgan fingerprint density at radius 3 is 2.00 bits per heavy atom. The molecule has 0 aromatic heterocycles. The fourth-order valence-corrected chi connectivity index (χ4v) is 0.352. The minimum atomic E-state index is 0.267. The maximum absolute atomic E-state index is 7.93. The molecule has 0 heterocycles. The van der Waals surface area contributed by atoms with Crippen molar-refractivity contribution in [2.45, 2.75) is 27.2 Å². The lowest BCUT2D eigenvalue weighted by Crippen LogP contribution is -2.08. The molecule has 0 fully saturated rings. The molecule has 0 unspecified atom stereocenters. The zero-order chi connectivity index (χ0) is 6.62. The van der Waals surface area contributed by atoms with Crippen molar-refractivity contribution in [3.05, 3.63) is 0 Å². The highest BCUT2D eigenvalue weighted by atomic mass is 17.1. The van der Waals surface area contributed by atoms with E-state index in [4.69, 9.17) is 5.26 Å². The summed E-state index contributed by atoms with van der Waals surface area (Å²) >= 11 is 0. The summed E-state index contributed by atoms with van der Waals surface area (Å²) in [6.07, 6.45) is 0.892. The van der Waals surface area contributed by atoms with Gasteiger partial charge in [-0.1, -0.05) is 20.8 Å². The molecule has 0 aromatic carbocycles. The van der Waals surface area contributed by atoms with Crippen LogP contribution in [-0.2, 0) is 4.89 Å². The van der Waals surface area contributed by atoms with Gasteiger partial charge in [-0.3, -0.25) is 5.26 Å². The molecule has 0 atom stereocenters. The smallest absolute Gasteiger partial charge is 0.0824 e. The lowest BCUT2D eigenvalue weighted by Gasteiger charge is -2.15. The minimum absolute atomic E-state index is 0.267. The van der Waals surface area contributed by atoms with Gasteiger partial charge < -0.3 is 0 Å². The molecule has 0 bridgehead atoms. The first-order chi connectivity index (χ1) is 3.56. The number of hydrogen-bond donors (Lipinski definition) is 1. The van der Waals surface area contributed by atoms with Crippen molar-refractivity contribution in [3.8, 4) is 0 Å². The Hall–Kier alpha value is -0.0800. The van der Waals surface area contributed by atoms with E-state index in [9.17, 15) is 0 Å². The van der Waals surface area contributed by atoms with Crippen LogP contribution in [0.4, 0.5) is 0 Å². The molecule has 0 radical (unpaired) electrons. The fraction of sp³-hybridized carbons (Fsp3) is 1.00. The second-order valence-corrected chi connectivity index (χ2v) is 3.14. The molecule has 0 aliphatic heterocycles. The normalized spacial score (nSPS) is 12.0. The van der Waals surface area contributed by atoms with Crippen LogP contribution in [0, 0.1) is 5.41 Å². The average molecular weight is 118 g/mol. The first-order valence-electron chi connectivity index (χ1n) is 2.82. The maximum atomic E-state index is 7.93. The average Bonchev–Trinajstić information content (AvgIpc) is 1.59. The molecular weight excluding hydrogens is 104 g/mol. The highest BCUT2D eigenvalue weighted by Crippen LogP contribution is 2.17. The zero-order valence-corrected chi connectivity index (χ0v) is 5.77. The molecule has 0 aromatic rings. The lowest BCUT2D eigenvalue weighted by molar-refractivity contribution is -0.245. The van der Waals surface area contributed by atoms with Gasteiger partial charge in [-0.05, 0) is 11.8 Å². The van der Waals surface area contributed by atoms with Gasteiger partial charge >= 0.3 is 0 Å². The largest absolute Gasteiger partial charge is 0.252 e. The van der Waals surface area contributed by atoms with Crippen LogP contribution in [-0.4, -0.2) is 11.9 Å². The van der Waals surface area contributed by atoms with Crippen LogP contribution in [0.2, 0.25) is 0 Å². The third kappa shape index (κ3) is 5.92. The molecule has 2 nitrogen and oxygen atoms in total. The van der Waals surface area contributed by atoms with E-state index in [1.54, 1.807) is 0 Å². The molecule has 0 spiro atoms. The van der Waals surface area contributed by atoms with E-state index in [0.717, 1.165) is 6.42 Å². The van der Waals surface area contributed by atoms with Crippen LogP contribution in [0.5, 0.6) is 0 Å². The van der Waals surface area contributed by atoms with E-state index in [1.165, 1.54) is 0 Å². The first-order valence-corrected chi connectivity index (χ1v) is 2.82. The summed E-state index contributed by atoms with van der Waals surface area (Å²) in [6, 6.07) is 0. The SMILES string of the molecule is CC(C)(C)CCOO. The van der Waals surface area contributed by atoms with Gasteiger partial charge in [0.15, 0.2) is 0 Å². The van der Waals surface area contributed by atoms with Gasteiger partial charge in [0.25, 0.3) is 0 Å². The molecule has 1 N–H and O–H groups in total. The van der Waals surface area contributed by atoms with E-state index < -0.39 is 0 Å². The molecule has 2 heteroatoms. The van der Waals surface area contributed by atoms with E-state index in [-0.39, 0.29) is 5.41 Å². The number of rotatable bonds is 2. The van der Waals surface area contributed by atoms with Crippen molar-refractivity contribution in [2.75, 3.05) is 6.61 Å². The summed E-state index contributed by atoms with van der Waals surface area (Å²) in [4.78, 5) is 3.92. The van der Waals surface area contributed by atoms with Crippen LogP contribution >= 0.6 is 0 Å². The molecule has 0 saturated heterocycles. The summed E-state index contributed by atoms with van der Waals surface area (Å²) < 4.78 is 0. The molecule has 0 aliphatic carbocycles. The Labute approximate surface area is 50.4 Å². The van der Waals surface area contributed by atoms with E-state index in [2.05, 4.69) is 25.7 Å². The molecule has 50 valence electrons. The van der Waals surface area contributed by atoms with Crippen LogP contribution < -0.4 is 0 Å². The Balaban J connectivity index is 3.11. The minimum Gasteiger partial charge on any atom is -0.252 e. The fourth-order valence-electron chi connectivity index (χ4n) is 0.352. The predicted octanol–water partition coefficient (Wildman–Crippen LogP) is 1.91. The van der Waals surface area contributed by atoms with Crippen molar-refractivity contribution in [1.82, 2.24) is 0 Å². The quantitative estimate of drug-likeness (QED) is 0.443. The molecule has 0 aliphatic rings. The topological polar surface area (TPSA) is 29.5 Å². The third-order valence-electron chi connectivity index (χ3n) is 0.943. The summed E-state index contributed by atoms with van der Waals surface area (Å²) in [6.45, 7) is 6.74. The maximum Gasteiger partial charge on any atom is 0.0824 e. The lowest BCUT2D eigenvalue weighted by atomic mass is 9.93. The summed E-state index contributed by atoms with van der Waals surface area (Å²) in [5.41, 5.74) is 0.267. The van der Waals surface area contributed by atoms with Crippen molar-refractivity contribution >= 4 is 0 Å². The summed E-state index contributed by atoms with van der Waals surface area (Å²) in [5.74, 6) is 0.